The average molecular weight is 267 g/mol. The van der Waals surface area contributed by atoms with Crippen LogP contribution in [0, 0.1) is 0 Å². The molecule has 72 valence electrons. The van der Waals surface area contributed by atoms with Crippen LogP contribution in [0.25, 0.3) is 0 Å². The van der Waals surface area contributed by atoms with Crippen LogP contribution in [0.4, 0.5) is 0 Å². The van der Waals surface area contributed by atoms with Crippen LogP contribution in [0.15, 0.2) is 60.7 Å². The van der Waals surface area contributed by atoms with Crippen molar-refractivity contribution < 1.29 is 0 Å². The lowest BCUT2D eigenvalue weighted by Gasteiger charge is -2.00. The number of halogens is 1. The minimum absolute atomic E-state index is 0. The predicted octanol–water partition coefficient (Wildman–Crippen LogP) is 2.89. The fourth-order valence-corrected chi connectivity index (χ4v) is 2.26. The number of hydrogen-bond donors (Lipinski definition) is 0. The van der Waals surface area contributed by atoms with Crippen LogP contribution in [0.3, 0.4) is 0 Å². The molecule has 0 amide bonds. The number of rotatable bonds is 2. The van der Waals surface area contributed by atoms with E-state index in [4.69, 9.17) is 0 Å². The van der Waals surface area contributed by atoms with Gasteiger partial charge in [-0.25, -0.2) is 0 Å². The standard InChI is InChI=1S/C12H11P.BrH/c1-3-7-11(8-4-1)13-12-9-5-2-6-10-12;/h1-10,13H;1H. The van der Waals surface area contributed by atoms with Gasteiger partial charge in [-0.15, -0.1) is 17.0 Å². The highest BCUT2D eigenvalue weighted by Gasteiger charge is 1.92. The Kier molecular flexibility index (Phi) is 4.86. The third kappa shape index (κ3) is 3.25. The fourth-order valence-electron chi connectivity index (χ4n) is 1.21. The van der Waals surface area contributed by atoms with Crippen LogP contribution in [-0.2, 0) is 0 Å². The van der Waals surface area contributed by atoms with Gasteiger partial charge in [-0.05, 0) is 10.6 Å². The third-order valence-corrected chi connectivity index (χ3v) is 3.08. The summed E-state index contributed by atoms with van der Waals surface area (Å²) >= 11 is 0. The molecule has 0 aliphatic carbocycles. The van der Waals surface area contributed by atoms with E-state index in [1.54, 1.807) is 0 Å². The van der Waals surface area contributed by atoms with E-state index in [0.29, 0.717) is 0 Å². The Morgan fingerprint density at radius 2 is 0.929 bits per heavy atom. The summed E-state index contributed by atoms with van der Waals surface area (Å²) in [4.78, 5) is 0. The van der Waals surface area contributed by atoms with Gasteiger partial charge < -0.3 is 0 Å². The van der Waals surface area contributed by atoms with E-state index < -0.39 is 0 Å². The first-order valence-electron chi connectivity index (χ1n) is 4.32. The van der Waals surface area contributed by atoms with Gasteiger partial charge in [0.05, 0.1) is 0 Å². The molecule has 0 aromatic heterocycles. The van der Waals surface area contributed by atoms with E-state index in [2.05, 4.69) is 60.7 Å². The molecule has 0 spiro atoms. The maximum Gasteiger partial charge on any atom is -0.0226 e. The summed E-state index contributed by atoms with van der Waals surface area (Å²) in [7, 11) is 0.777. The normalized spacial score (nSPS) is 9.14. The topological polar surface area (TPSA) is 0 Å². The molecule has 0 saturated carbocycles. The summed E-state index contributed by atoms with van der Waals surface area (Å²) in [6.07, 6.45) is 0. The van der Waals surface area contributed by atoms with Gasteiger partial charge in [0.2, 0.25) is 0 Å². The molecule has 0 N–H and O–H groups in total. The zero-order valence-corrected chi connectivity index (χ0v) is 10.4. The Morgan fingerprint density at radius 3 is 1.29 bits per heavy atom. The third-order valence-electron chi connectivity index (χ3n) is 1.84. The van der Waals surface area contributed by atoms with Gasteiger partial charge in [-0.3, -0.25) is 0 Å². The summed E-state index contributed by atoms with van der Waals surface area (Å²) in [6, 6.07) is 21.2. The summed E-state index contributed by atoms with van der Waals surface area (Å²) in [5.74, 6) is 0. The van der Waals surface area contributed by atoms with E-state index in [1.807, 2.05) is 0 Å². The van der Waals surface area contributed by atoms with Gasteiger partial charge in [0.15, 0.2) is 0 Å². The first-order valence-corrected chi connectivity index (χ1v) is 5.32. The quantitative estimate of drug-likeness (QED) is 0.734. The Hall–Kier alpha value is -0.650. The zero-order valence-electron chi connectivity index (χ0n) is 7.68. The van der Waals surface area contributed by atoms with E-state index in [0.717, 1.165) is 8.58 Å². The van der Waals surface area contributed by atoms with Crippen molar-refractivity contribution in [1.29, 1.82) is 0 Å². The molecule has 14 heavy (non-hydrogen) atoms. The van der Waals surface area contributed by atoms with Crippen LogP contribution in [-0.4, -0.2) is 0 Å². The SMILES string of the molecule is Br.c1ccc(Pc2ccccc2)cc1. The fraction of sp³-hybridized carbons (Fsp3) is 0. The second kappa shape index (κ2) is 5.95. The molecular weight excluding hydrogens is 255 g/mol. The second-order valence-corrected chi connectivity index (χ2v) is 4.26. The first kappa shape index (κ1) is 11.4. The number of benzene rings is 2. The van der Waals surface area contributed by atoms with Crippen molar-refractivity contribution >= 4 is 36.2 Å². The molecule has 0 fully saturated rings. The van der Waals surface area contributed by atoms with Gasteiger partial charge in [-0.2, -0.15) is 0 Å². The molecule has 0 bridgehead atoms. The van der Waals surface area contributed by atoms with Crippen molar-refractivity contribution in [2.75, 3.05) is 0 Å². The van der Waals surface area contributed by atoms with Crippen LogP contribution in [0.5, 0.6) is 0 Å². The highest BCUT2D eigenvalue weighted by molar-refractivity contribution is 8.93. The van der Waals surface area contributed by atoms with Gasteiger partial charge in [0.25, 0.3) is 0 Å². The van der Waals surface area contributed by atoms with Crippen LogP contribution in [0.1, 0.15) is 0 Å². The smallest absolute Gasteiger partial charge is 0.0226 e. The summed E-state index contributed by atoms with van der Waals surface area (Å²) in [5, 5.41) is 2.79. The highest BCUT2D eigenvalue weighted by atomic mass is 79.9. The van der Waals surface area contributed by atoms with Gasteiger partial charge in [0, 0.05) is 0 Å². The maximum atomic E-state index is 2.17. The van der Waals surface area contributed by atoms with E-state index >= 15 is 0 Å². The first-order chi connectivity index (χ1) is 6.45. The Labute approximate surface area is 96.9 Å². The van der Waals surface area contributed by atoms with Crippen LogP contribution in [0.2, 0.25) is 0 Å². The van der Waals surface area contributed by atoms with E-state index in [9.17, 15) is 0 Å². The Morgan fingerprint density at radius 1 is 0.571 bits per heavy atom. The summed E-state index contributed by atoms with van der Waals surface area (Å²) < 4.78 is 0. The molecule has 2 heteroatoms. The van der Waals surface area contributed by atoms with Crippen molar-refractivity contribution in [2.24, 2.45) is 0 Å². The molecule has 0 radical (unpaired) electrons. The van der Waals surface area contributed by atoms with E-state index in [1.165, 1.54) is 10.6 Å². The molecule has 0 nitrogen and oxygen atoms in total. The van der Waals surface area contributed by atoms with Gasteiger partial charge in [0.1, 0.15) is 0 Å². The van der Waals surface area contributed by atoms with Crippen molar-refractivity contribution in [1.82, 2.24) is 0 Å². The lowest BCUT2D eigenvalue weighted by Crippen LogP contribution is -2.01. The monoisotopic (exact) mass is 266 g/mol. The molecule has 0 atom stereocenters. The molecule has 2 rings (SSSR count). The summed E-state index contributed by atoms with van der Waals surface area (Å²) in [6.45, 7) is 0. The lowest BCUT2D eigenvalue weighted by atomic mass is 10.4. The van der Waals surface area contributed by atoms with Crippen LogP contribution < -0.4 is 10.6 Å². The van der Waals surface area contributed by atoms with Crippen molar-refractivity contribution in [2.45, 2.75) is 0 Å². The largest absolute Gasteiger partial charge is 0.114 e. The van der Waals surface area contributed by atoms with Gasteiger partial charge >= 0.3 is 0 Å². The van der Waals surface area contributed by atoms with E-state index in [-0.39, 0.29) is 17.0 Å². The lowest BCUT2D eigenvalue weighted by molar-refractivity contribution is 1.76. The molecule has 0 heterocycles. The average Bonchev–Trinajstić information content (AvgIpc) is 2.21. The molecule has 0 aliphatic rings. The van der Waals surface area contributed by atoms with Crippen molar-refractivity contribution in [3.05, 3.63) is 60.7 Å². The highest BCUT2D eigenvalue weighted by Crippen LogP contribution is 2.08. The number of hydrogen-bond acceptors (Lipinski definition) is 0. The molecule has 0 aliphatic heterocycles. The Bertz CT molecular complexity index is 321. The summed E-state index contributed by atoms with van der Waals surface area (Å²) in [5.41, 5.74) is 0. The Balaban J connectivity index is 0.000000980. The minimum atomic E-state index is 0. The molecular formula is C12H12BrP. The molecule has 2 aromatic rings. The molecule has 0 unspecified atom stereocenters. The molecule has 0 saturated heterocycles. The second-order valence-electron chi connectivity index (χ2n) is 2.86. The van der Waals surface area contributed by atoms with Crippen LogP contribution >= 0.6 is 25.6 Å². The minimum Gasteiger partial charge on any atom is -0.114 e. The van der Waals surface area contributed by atoms with Crippen molar-refractivity contribution in [3.63, 3.8) is 0 Å². The zero-order chi connectivity index (χ0) is 8.93. The maximum absolute atomic E-state index is 2.17. The molecule has 2 aromatic carbocycles. The van der Waals surface area contributed by atoms with Gasteiger partial charge in [-0.1, -0.05) is 69.2 Å². The van der Waals surface area contributed by atoms with Crippen molar-refractivity contribution in [3.8, 4) is 0 Å². The predicted molar refractivity (Wildman–Crippen MR) is 70.8 cm³/mol.